The smallest absolute Gasteiger partial charge is 0.109 e. The number of hydrogen-bond acceptors (Lipinski definition) is 7. The van der Waals surface area contributed by atoms with Crippen LogP contribution < -0.4 is 10.6 Å². The number of nitriles is 2. The molecule has 2 aromatic carbocycles. The summed E-state index contributed by atoms with van der Waals surface area (Å²) in [4.78, 5) is 4.72. The number of hydrogen-bond donors (Lipinski definition) is 2. The van der Waals surface area contributed by atoms with Gasteiger partial charge in [-0.25, -0.2) is 4.68 Å². The fourth-order valence-corrected chi connectivity index (χ4v) is 6.67. The second-order valence-electron chi connectivity index (χ2n) is 13.6. The molecule has 0 saturated heterocycles. The number of pyridine rings is 1. The number of nitrogens with one attached hydrogen (secondary N) is 2. The van der Waals surface area contributed by atoms with Crippen molar-refractivity contribution >= 4 is 33.9 Å². The van der Waals surface area contributed by atoms with Gasteiger partial charge in [-0.2, -0.15) is 10.5 Å². The summed E-state index contributed by atoms with van der Waals surface area (Å²) in [6.07, 6.45) is 8.94. The van der Waals surface area contributed by atoms with Gasteiger partial charge in [0, 0.05) is 23.2 Å². The van der Waals surface area contributed by atoms with E-state index in [4.69, 9.17) is 16.6 Å². The number of halogens is 1. The van der Waals surface area contributed by atoms with Gasteiger partial charge in [0.1, 0.15) is 11.8 Å². The maximum absolute atomic E-state index is 9.89. The van der Waals surface area contributed by atoms with Crippen LogP contribution in [0.5, 0.6) is 0 Å². The largest absolute Gasteiger partial charge is 0.383 e. The molecule has 0 radical (unpaired) electrons. The van der Waals surface area contributed by atoms with Crippen molar-refractivity contribution in [1.29, 1.82) is 10.5 Å². The normalized spacial score (nSPS) is 22.3. The first-order chi connectivity index (χ1) is 20.1. The molecule has 1 atom stereocenters. The molecule has 4 aliphatic rings. The summed E-state index contributed by atoms with van der Waals surface area (Å²) in [6, 6.07) is 16.4. The Bertz CT molecular complexity index is 1780. The van der Waals surface area contributed by atoms with Gasteiger partial charge < -0.3 is 10.6 Å². The van der Waals surface area contributed by atoms with Crippen LogP contribution in [0.2, 0.25) is 5.02 Å². The Hall–Kier alpha value is -4.14. The van der Waals surface area contributed by atoms with E-state index >= 15 is 0 Å². The molecule has 212 valence electrons. The Morgan fingerprint density at radius 1 is 1.14 bits per heavy atom. The zero-order chi connectivity index (χ0) is 29.3. The van der Waals surface area contributed by atoms with Gasteiger partial charge in [-0.3, -0.25) is 4.98 Å². The maximum Gasteiger partial charge on any atom is 0.109 e. The van der Waals surface area contributed by atoms with Gasteiger partial charge in [0.05, 0.1) is 51.7 Å². The third-order valence-electron chi connectivity index (χ3n) is 9.19. The Labute approximate surface area is 250 Å². The molecule has 4 fully saturated rings. The average molecular weight is 577 g/mol. The molecule has 2 heterocycles. The molecular weight excluding hydrogens is 544 g/mol. The Morgan fingerprint density at radius 3 is 2.57 bits per heavy atom. The first-order valence-electron chi connectivity index (χ1n) is 14.6. The van der Waals surface area contributed by atoms with E-state index in [1.165, 1.54) is 19.3 Å². The molecule has 2 N–H and O–H groups in total. The second-order valence-corrected chi connectivity index (χ2v) is 14.0. The summed E-state index contributed by atoms with van der Waals surface area (Å²) < 4.78 is 2.06. The van der Waals surface area contributed by atoms with Gasteiger partial charge >= 0.3 is 0 Å². The van der Waals surface area contributed by atoms with E-state index in [1.807, 2.05) is 24.3 Å². The van der Waals surface area contributed by atoms with Crippen molar-refractivity contribution in [3.63, 3.8) is 0 Å². The number of anilines is 2. The quantitative estimate of drug-likeness (QED) is 0.230. The molecule has 2 aromatic heterocycles. The van der Waals surface area contributed by atoms with E-state index in [2.05, 4.69) is 76.9 Å². The molecule has 0 aliphatic heterocycles. The molecule has 2 bridgehead atoms. The third kappa shape index (κ3) is 4.46. The van der Waals surface area contributed by atoms with Gasteiger partial charge in [-0.05, 0) is 66.7 Å². The number of nitrogens with zero attached hydrogens (tertiary/aromatic N) is 6. The molecule has 8 nitrogen and oxygen atoms in total. The summed E-state index contributed by atoms with van der Waals surface area (Å²) >= 11 is 6.72. The summed E-state index contributed by atoms with van der Waals surface area (Å²) in [5, 5.41) is 37.5. The Morgan fingerprint density at radius 2 is 1.93 bits per heavy atom. The van der Waals surface area contributed by atoms with Crippen molar-refractivity contribution in [2.24, 2.45) is 11.3 Å². The molecule has 0 spiro atoms. The van der Waals surface area contributed by atoms with Gasteiger partial charge in [0.25, 0.3) is 0 Å². The minimum absolute atomic E-state index is 0.00660. The van der Waals surface area contributed by atoms with Gasteiger partial charge in [0.15, 0.2) is 0 Å². The molecular formula is C33H33ClN8. The van der Waals surface area contributed by atoms with Crippen LogP contribution >= 0.6 is 11.6 Å². The predicted octanol–water partition coefficient (Wildman–Crippen LogP) is 7.08. The molecule has 4 aromatic rings. The maximum atomic E-state index is 9.89. The lowest BCUT2D eigenvalue weighted by Crippen LogP contribution is -2.59. The first-order valence-corrected chi connectivity index (χ1v) is 15.0. The van der Waals surface area contributed by atoms with Crippen molar-refractivity contribution in [2.75, 3.05) is 17.2 Å². The zero-order valence-corrected chi connectivity index (χ0v) is 24.8. The highest BCUT2D eigenvalue weighted by Gasteiger charge is 2.59. The minimum Gasteiger partial charge on any atom is -0.383 e. The molecule has 4 saturated carbocycles. The van der Waals surface area contributed by atoms with Crippen LogP contribution in [-0.2, 0) is 11.0 Å². The highest BCUT2D eigenvalue weighted by molar-refractivity contribution is 6.32. The van der Waals surface area contributed by atoms with Crippen LogP contribution in [0.4, 0.5) is 11.4 Å². The van der Waals surface area contributed by atoms with E-state index < -0.39 is 5.41 Å². The topological polar surface area (TPSA) is 115 Å². The third-order valence-corrected chi connectivity index (χ3v) is 9.41. The number of rotatable bonds is 8. The standard InChI is InChI=1S/C33H33ClN8/c1-31(2,3)19-38-28-22(15-35)16-37-30-25(28)10-24(34)11-26(30)39-29(21-5-4-6-23(9-21)32(18-36)7-8-32)27-17-42(41-40-27)33-12-20(13-33)14-33/h4-6,9-11,16-17,20,29,39H,7-8,12-14,19H2,1-3H3,(H,37,38)/t20?,29-,33?/m0/s1. The van der Waals surface area contributed by atoms with E-state index in [-0.39, 0.29) is 17.0 Å². The van der Waals surface area contributed by atoms with Crippen molar-refractivity contribution in [3.8, 4) is 12.1 Å². The molecule has 4 aliphatic carbocycles. The number of benzene rings is 2. The van der Waals surface area contributed by atoms with E-state index in [0.717, 1.165) is 52.3 Å². The lowest BCUT2D eigenvalue weighted by atomic mass is 9.50. The van der Waals surface area contributed by atoms with E-state index in [1.54, 1.807) is 6.20 Å². The highest BCUT2D eigenvalue weighted by atomic mass is 35.5. The average Bonchev–Trinajstić information content (AvgIpc) is 3.58. The van der Waals surface area contributed by atoms with Crippen LogP contribution in [-0.4, -0.2) is 26.5 Å². The fraction of sp³-hybridized carbons (Fsp3) is 0.424. The Kier molecular flexibility index (Phi) is 6.01. The Balaban J connectivity index is 1.33. The van der Waals surface area contributed by atoms with E-state index in [9.17, 15) is 10.5 Å². The molecule has 8 rings (SSSR count). The number of fused-ring (bicyclic) bond motifs is 1. The number of aromatic nitrogens is 4. The van der Waals surface area contributed by atoms with Crippen molar-refractivity contribution in [3.05, 3.63) is 76.2 Å². The molecule has 42 heavy (non-hydrogen) atoms. The predicted molar refractivity (Wildman–Crippen MR) is 163 cm³/mol. The SMILES string of the molecule is CC(C)(C)CNc1c(C#N)cnc2c(N[C@@H](c3cccc(C4(C#N)CC4)c3)c3cn(C45CC(C4)C5)nn3)cc(Cl)cc12. The lowest BCUT2D eigenvalue weighted by Gasteiger charge is -2.61. The zero-order valence-electron chi connectivity index (χ0n) is 24.1. The van der Waals surface area contributed by atoms with Crippen LogP contribution in [0, 0.1) is 34.0 Å². The summed E-state index contributed by atoms with van der Waals surface area (Å²) in [7, 11) is 0. The molecule has 9 heteroatoms. The summed E-state index contributed by atoms with van der Waals surface area (Å²) in [5.74, 6) is 0.826. The van der Waals surface area contributed by atoms with Crippen LogP contribution in [0.15, 0.2) is 48.8 Å². The van der Waals surface area contributed by atoms with Crippen LogP contribution in [0.25, 0.3) is 10.9 Å². The van der Waals surface area contributed by atoms with Crippen molar-refractivity contribution in [1.82, 2.24) is 20.0 Å². The van der Waals surface area contributed by atoms with Crippen molar-refractivity contribution in [2.45, 2.75) is 69.9 Å². The minimum atomic E-state index is -0.407. The highest BCUT2D eigenvalue weighted by Crippen LogP contribution is 2.62. The monoisotopic (exact) mass is 576 g/mol. The van der Waals surface area contributed by atoms with Crippen LogP contribution in [0.1, 0.15) is 81.3 Å². The van der Waals surface area contributed by atoms with Gasteiger partial charge in [-0.1, -0.05) is 61.9 Å². The molecule has 0 amide bonds. The molecule has 0 unspecified atom stereocenters. The first kappa shape index (κ1) is 26.7. The summed E-state index contributed by atoms with van der Waals surface area (Å²) in [6.45, 7) is 7.11. The van der Waals surface area contributed by atoms with E-state index in [0.29, 0.717) is 22.6 Å². The van der Waals surface area contributed by atoms with Crippen molar-refractivity contribution < 1.29 is 0 Å². The van der Waals surface area contributed by atoms with Gasteiger partial charge in [0.2, 0.25) is 0 Å². The lowest BCUT2D eigenvalue weighted by molar-refractivity contribution is -0.0989. The second kappa shape index (κ2) is 9.44. The van der Waals surface area contributed by atoms with Gasteiger partial charge in [-0.15, -0.1) is 5.10 Å². The van der Waals surface area contributed by atoms with Crippen LogP contribution in [0.3, 0.4) is 0 Å². The summed E-state index contributed by atoms with van der Waals surface area (Å²) in [5.41, 5.74) is 5.17. The fourth-order valence-electron chi connectivity index (χ4n) is 6.45.